The third kappa shape index (κ3) is 4.82. The van der Waals surface area contributed by atoms with Crippen molar-refractivity contribution in [3.05, 3.63) is 48.0 Å². The molecule has 0 aliphatic carbocycles. The Labute approximate surface area is 170 Å². The number of piperidine rings is 2. The van der Waals surface area contributed by atoms with Crippen molar-refractivity contribution in [3.63, 3.8) is 0 Å². The molecule has 0 spiro atoms. The van der Waals surface area contributed by atoms with Gasteiger partial charge < -0.3 is 10.2 Å². The lowest BCUT2D eigenvalue weighted by molar-refractivity contribution is -0.127. The number of nitrogens with one attached hydrogen (secondary N) is 2. The number of hydrogen-bond acceptors (Lipinski definition) is 5. The summed E-state index contributed by atoms with van der Waals surface area (Å²) < 4.78 is 0. The Balaban J connectivity index is 1.25. The van der Waals surface area contributed by atoms with Crippen LogP contribution in [-0.4, -0.2) is 69.0 Å². The first kappa shape index (κ1) is 19.6. The lowest BCUT2D eigenvalue weighted by atomic mass is 9.93. The van der Waals surface area contributed by atoms with Crippen LogP contribution in [0, 0.1) is 5.92 Å². The molecule has 0 saturated carbocycles. The topological polar surface area (TPSA) is 94.2 Å². The standard InChI is InChI=1S/C21H28N6O2/c28-20(23-14-17-5-1-2-9-22-17)16-4-3-11-27(15-16)18-7-12-26(13-8-18)21(29)19-6-10-24-25-19/h1-2,5-6,9-10,16,18H,3-4,7-8,11-15H2,(H,23,28)(H,24,25)/t16-/m0/s1. The van der Waals surface area contributed by atoms with E-state index in [0.29, 0.717) is 18.3 Å². The van der Waals surface area contributed by atoms with Gasteiger partial charge >= 0.3 is 0 Å². The number of aromatic amines is 1. The number of amides is 2. The fourth-order valence-corrected chi connectivity index (χ4v) is 4.36. The smallest absolute Gasteiger partial charge is 0.271 e. The summed E-state index contributed by atoms with van der Waals surface area (Å²) in [6.45, 7) is 3.80. The molecule has 0 unspecified atom stereocenters. The van der Waals surface area contributed by atoms with Crippen LogP contribution in [-0.2, 0) is 11.3 Å². The molecule has 2 aliphatic rings. The lowest BCUT2D eigenvalue weighted by Crippen LogP contribution is -2.51. The van der Waals surface area contributed by atoms with Crippen molar-refractivity contribution in [1.82, 2.24) is 30.3 Å². The average molecular weight is 396 g/mol. The number of rotatable bonds is 5. The molecule has 2 saturated heterocycles. The molecular weight excluding hydrogens is 368 g/mol. The fraction of sp³-hybridized carbons (Fsp3) is 0.524. The zero-order valence-corrected chi connectivity index (χ0v) is 16.6. The van der Waals surface area contributed by atoms with E-state index in [9.17, 15) is 9.59 Å². The second-order valence-electron chi connectivity index (χ2n) is 7.87. The van der Waals surface area contributed by atoms with Gasteiger partial charge in [0.05, 0.1) is 18.2 Å². The number of aromatic nitrogens is 3. The van der Waals surface area contributed by atoms with Gasteiger partial charge in [0.1, 0.15) is 5.69 Å². The number of pyridine rings is 1. The molecule has 2 aromatic heterocycles. The van der Waals surface area contributed by atoms with E-state index in [2.05, 4.69) is 25.4 Å². The summed E-state index contributed by atoms with van der Waals surface area (Å²) in [6.07, 6.45) is 7.21. The third-order valence-electron chi connectivity index (χ3n) is 5.99. The highest BCUT2D eigenvalue weighted by Crippen LogP contribution is 2.24. The van der Waals surface area contributed by atoms with Crippen molar-refractivity contribution in [2.45, 2.75) is 38.3 Å². The van der Waals surface area contributed by atoms with Gasteiger partial charge in [0.2, 0.25) is 5.91 Å². The minimum absolute atomic E-state index is 0.0198. The van der Waals surface area contributed by atoms with Crippen LogP contribution in [0.15, 0.2) is 36.7 Å². The monoisotopic (exact) mass is 396 g/mol. The van der Waals surface area contributed by atoms with E-state index in [1.165, 1.54) is 0 Å². The normalized spacial score (nSPS) is 21.1. The summed E-state index contributed by atoms with van der Waals surface area (Å²) in [6, 6.07) is 7.88. The highest BCUT2D eigenvalue weighted by atomic mass is 16.2. The minimum Gasteiger partial charge on any atom is -0.350 e. The Morgan fingerprint density at radius 3 is 2.69 bits per heavy atom. The summed E-state index contributed by atoms with van der Waals surface area (Å²) in [4.78, 5) is 33.7. The van der Waals surface area contributed by atoms with Gasteiger partial charge in [-0.1, -0.05) is 6.07 Å². The Kier molecular flexibility index (Phi) is 6.19. The predicted octanol–water partition coefficient (Wildman–Crippen LogP) is 1.44. The van der Waals surface area contributed by atoms with E-state index in [4.69, 9.17) is 0 Å². The van der Waals surface area contributed by atoms with Gasteiger partial charge in [0.15, 0.2) is 0 Å². The number of nitrogens with zero attached hydrogens (tertiary/aromatic N) is 4. The van der Waals surface area contributed by atoms with Crippen LogP contribution < -0.4 is 5.32 Å². The maximum absolute atomic E-state index is 12.6. The molecule has 4 rings (SSSR count). The molecule has 0 aromatic carbocycles. The van der Waals surface area contributed by atoms with Gasteiger partial charge in [-0.15, -0.1) is 0 Å². The maximum atomic E-state index is 12.6. The maximum Gasteiger partial charge on any atom is 0.271 e. The van der Waals surface area contributed by atoms with Gasteiger partial charge in [0.25, 0.3) is 5.91 Å². The molecule has 154 valence electrons. The molecular formula is C21H28N6O2. The van der Waals surface area contributed by atoms with E-state index < -0.39 is 0 Å². The van der Waals surface area contributed by atoms with E-state index in [-0.39, 0.29) is 17.7 Å². The highest BCUT2D eigenvalue weighted by molar-refractivity contribution is 5.92. The highest BCUT2D eigenvalue weighted by Gasteiger charge is 2.32. The molecule has 29 heavy (non-hydrogen) atoms. The molecule has 2 aliphatic heterocycles. The molecule has 8 nitrogen and oxygen atoms in total. The molecule has 2 amide bonds. The summed E-state index contributed by atoms with van der Waals surface area (Å²) in [5, 5.41) is 9.65. The van der Waals surface area contributed by atoms with Crippen LogP contribution in [0.4, 0.5) is 0 Å². The van der Waals surface area contributed by atoms with Crippen molar-refractivity contribution in [1.29, 1.82) is 0 Å². The van der Waals surface area contributed by atoms with Crippen LogP contribution in [0.25, 0.3) is 0 Å². The SMILES string of the molecule is O=C(NCc1ccccn1)[C@H]1CCCN(C2CCN(C(=O)c3ccn[nH]3)CC2)C1. The van der Waals surface area contributed by atoms with Crippen LogP contribution in [0.5, 0.6) is 0 Å². The Hall–Kier alpha value is -2.74. The number of carbonyl (C=O) groups excluding carboxylic acids is 2. The molecule has 0 bridgehead atoms. The first-order valence-corrected chi connectivity index (χ1v) is 10.4. The molecule has 2 fully saturated rings. The molecule has 1 atom stereocenters. The number of hydrogen-bond donors (Lipinski definition) is 2. The van der Waals surface area contributed by atoms with Crippen LogP contribution in [0.1, 0.15) is 41.9 Å². The van der Waals surface area contributed by atoms with Crippen molar-refractivity contribution < 1.29 is 9.59 Å². The van der Waals surface area contributed by atoms with Crippen molar-refractivity contribution >= 4 is 11.8 Å². The van der Waals surface area contributed by atoms with Crippen LogP contribution in [0.2, 0.25) is 0 Å². The van der Waals surface area contributed by atoms with E-state index in [1.54, 1.807) is 18.5 Å². The summed E-state index contributed by atoms with van der Waals surface area (Å²) in [5.41, 5.74) is 1.42. The van der Waals surface area contributed by atoms with Gasteiger partial charge in [0, 0.05) is 38.1 Å². The zero-order chi connectivity index (χ0) is 20.1. The third-order valence-corrected chi connectivity index (χ3v) is 5.99. The van der Waals surface area contributed by atoms with E-state index >= 15 is 0 Å². The van der Waals surface area contributed by atoms with Gasteiger partial charge in [-0.05, 0) is 50.4 Å². The van der Waals surface area contributed by atoms with Gasteiger partial charge in [-0.3, -0.25) is 24.6 Å². The van der Waals surface area contributed by atoms with Crippen LogP contribution in [0.3, 0.4) is 0 Å². The zero-order valence-electron chi connectivity index (χ0n) is 16.6. The molecule has 4 heterocycles. The van der Waals surface area contributed by atoms with E-state index in [1.807, 2.05) is 23.1 Å². The number of likely N-dealkylation sites (tertiary alicyclic amines) is 2. The molecule has 8 heteroatoms. The number of H-pyrrole nitrogens is 1. The Bertz CT molecular complexity index is 802. The largest absolute Gasteiger partial charge is 0.350 e. The summed E-state index contributed by atoms with van der Waals surface area (Å²) in [5.74, 6) is 0.163. The van der Waals surface area contributed by atoms with Gasteiger partial charge in [-0.2, -0.15) is 5.10 Å². The average Bonchev–Trinajstić information content (AvgIpc) is 3.33. The first-order valence-electron chi connectivity index (χ1n) is 10.4. The van der Waals surface area contributed by atoms with Crippen molar-refractivity contribution in [2.24, 2.45) is 5.92 Å². The Morgan fingerprint density at radius 2 is 1.97 bits per heavy atom. The van der Waals surface area contributed by atoms with Gasteiger partial charge in [-0.25, -0.2) is 0 Å². The second kappa shape index (κ2) is 9.17. The molecule has 2 aromatic rings. The lowest BCUT2D eigenvalue weighted by Gasteiger charge is -2.42. The van der Waals surface area contributed by atoms with Crippen LogP contribution >= 0.6 is 0 Å². The minimum atomic E-state index is 0.0198. The fourth-order valence-electron chi connectivity index (χ4n) is 4.36. The summed E-state index contributed by atoms with van der Waals surface area (Å²) in [7, 11) is 0. The van der Waals surface area contributed by atoms with E-state index in [0.717, 1.165) is 57.6 Å². The quantitative estimate of drug-likeness (QED) is 0.798. The van der Waals surface area contributed by atoms with Crippen molar-refractivity contribution in [2.75, 3.05) is 26.2 Å². The number of carbonyl (C=O) groups is 2. The second-order valence-corrected chi connectivity index (χ2v) is 7.87. The van der Waals surface area contributed by atoms with Crippen molar-refractivity contribution in [3.8, 4) is 0 Å². The molecule has 0 radical (unpaired) electrons. The predicted molar refractivity (Wildman–Crippen MR) is 108 cm³/mol. The summed E-state index contributed by atoms with van der Waals surface area (Å²) >= 11 is 0. The molecule has 2 N–H and O–H groups in total. The first-order chi connectivity index (χ1) is 14.2. The Morgan fingerprint density at radius 1 is 1.10 bits per heavy atom.